The lowest BCUT2D eigenvalue weighted by molar-refractivity contribution is 0.560. The zero-order valence-corrected chi connectivity index (χ0v) is 16.0. The van der Waals surface area contributed by atoms with Crippen LogP contribution in [0.2, 0.25) is 9.36 Å². The lowest BCUT2D eigenvalue weighted by Crippen LogP contribution is -2.36. The van der Waals surface area contributed by atoms with Gasteiger partial charge in [0, 0.05) is 9.90 Å². The fourth-order valence-corrected chi connectivity index (χ4v) is 5.14. The molecule has 2 aromatic rings. The zero-order valence-electron chi connectivity index (χ0n) is 10.6. The summed E-state index contributed by atoms with van der Waals surface area (Å²) in [6.07, 6.45) is 0. The van der Waals surface area contributed by atoms with Crippen molar-refractivity contribution in [2.75, 3.05) is 0 Å². The number of sulfonamides is 1. The second kappa shape index (κ2) is 7.03. The minimum Gasteiger partial charge on any atom is -0.207 e. The van der Waals surface area contributed by atoms with E-state index in [4.69, 9.17) is 58.0 Å². The molecule has 0 aliphatic rings. The van der Waals surface area contributed by atoms with Gasteiger partial charge in [0.1, 0.15) is 6.04 Å². The maximum atomic E-state index is 12.4. The lowest BCUT2D eigenvalue weighted by atomic mass is 10.3. The van der Waals surface area contributed by atoms with E-state index in [2.05, 4.69) is 4.72 Å². The van der Waals surface area contributed by atoms with Crippen LogP contribution in [0.1, 0.15) is 10.9 Å². The first-order chi connectivity index (χ1) is 10.1. The Kier molecular flexibility index (Phi) is 5.95. The van der Waals surface area contributed by atoms with Crippen molar-refractivity contribution in [2.45, 2.75) is 14.7 Å². The van der Waals surface area contributed by atoms with Crippen LogP contribution in [0.15, 0.2) is 41.3 Å². The molecule has 0 aliphatic carbocycles. The van der Waals surface area contributed by atoms with Gasteiger partial charge in [0.15, 0.2) is 0 Å². The van der Waals surface area contributed by atoms with Crippen molar-refractivity contribution in [2.24, 2.45) is 0 Å². The van der Waals surface area contributed by atoms with Gasteiger partial charge in [0.05, 0.1) is 9.23 Å². The highest BCUT2D eigenvalue weighted by Gasteiger charge is 2.38. The average molecular weight is 440 g/mol. The Hall–Kier alpha value is 0.280. The van der Waals surface area contributed by atoms with E-state index in [0.717, 1.165) is 11.3 Å². The highest BCUT2D eigenvalue weighted by Crippen LogP contribution is 2.43. The van der Waals surface area contributed by atoms with Crippen molar-refractivity contribution in [3.63, 3.8) is 0 Å². The Morgan fingerprint density at radius 1 is 1.00 bits per heavy atom. The Morgan fingerprint density at radius 3 is 2.05 bits per heavy atom. The van der Waals surface area contributed by atoms with E-state index in [-0.39, 0.29) is 4.90 Å². The average Bonchev–Trinajstić information content (AvgIpc) is 2.81. The standard InChI is InChI=1S/C12H8Cl5NO2S2/c13-7-1-3-8(4-2-7)22(19,20)18-11(12(15,16)17)9-5-6-10(14)21-9/h1-6,11,18H. The molecule has 3 nitrogen and oxygen atoms in total. The maximum Gasteiger partial charge on any atom is 0.241 e. The molecule has 0 fully saturated rings. The lowest BCUT2D eigenvalue weighted by Gasteiger charge is -2.24. The fourth-order valence-electron chi connectivity index (χ4n) is 1.61. The van der Waals surface area contributed by atoms with E-state index < -0.39 is 19.9 Å². The molecule has 10 heteroatoms. The summed E-state index contributed by atoms with van der Waals surface area (Å²) in [5, 5.41) is 0.418. The van der Waals surface area contributed by atoms with E-state index in [1.54, 1.807) is 12.1 Å². The van der Waals surface area contributed by atoms with Crippen molar-refractivity contribution >= 4 is 79.4 Å². The van der Waals surface area contributed by atoms with Gasteiger partial charge >= 0.3 is 0 Å². The predicted octanol–water partition coefficient (Wildman–Crippen LogP) is 5.44. The van der Waals surface area contributed by atoms with Gasteiger partial charge in [0.2, 0.25) is 13.8 Å². The molecule has 1 aromatic carbocycles. The van der Waals surface area contributed by atoms with Crippen LogP contribution in [-0.2, 0) is 10.0 Å². The van der Waals surface area contributed by atoms with Crippen molar-refractivity contribution in [3.05, 3.63) is 50.6 Å². The first kappa shape index (κ1) is 18.6. The highest BCUT2D eigenvalue weighted by atomic mass is 35.6. The minimum absolute atomic E-state index is 0.0128. The number of benzene rings is 1. The number of halogens is 5. The van der Waals surface area contributed by atoms with Gasteiger partial charge in [-0.2, -0.15) is 4.72 Å². The smallest absolute Gasteiger partial charge is 0.207 e. The van der Waals surface area contributed by atoms with E-state index in [0.29, 0.717) is 14.2 Å². The summed E-state index contributed by atoms with van der Waals surface area (Å²) >= 11 is 30.5. The molecule has 0 amide bonds. The van der Waals surface area contributed by atoms with Crippen LogP contribution in [0, 0.1) is 0 Å². The summed E-state index contributed by atoms with van der Waals surface area (Å²) in [5.41, 5.74) is 0. The second-order valence-corrected chi connectivity index (χ2v) is 10.5. The topological polar surface area (TPSA) is 46.2 Å². The molecule has 22 heavy (non-hydrogen) atoms. The quantitative estimate of drug-likeness (QED) is 0.645. The first-order valence-electron chi connectivity index (χ1n) is 5.69. The summed E-state index contributed by atoms with van der Waals surface area (Å²) in [6.45, 7) is 0. The van der Waals surface area contributed by atoms with Crippen molar-refractivity contribution in [3.8, 4) is 0 Å². The summed E-state index contributed by atoms with van der Waals surface area (Å²) in [4.78, 5) is 0.501. The van der Waals surface area contributed by atoms with Crippen molar-refractivity contribution in [1.29, 1.82) is 0 Å². The third kappa shape index (κ3) is 4.65. The van der Waals surface area contributed by atoms with Gasteiger partial charge in [-0.1, -0.05) is 58.0 Å². The van der Waals surface area contributed by atoms with Crippen LogP contribution >= 0.6 is 69.3 Å². The summed E-state index contributed by atoms with van der Waals surface area (Å²) in [5.74, 6) is 0. The van der Waals surface area contributed by atoms with Gasteiger partial charge in [-0.05, 0) is 36.4 Å². The Balaban J connectivity index is 2.36. The number of hydrogen-bond donors (Lipinski definition) is 1. The normalized spacial score (nSPS) is 14.0. The summed E-state index contributed by atoms with van der Waals surface area (Å²) in [7, 11) is -3.90. The van der Waals surface area contributed by atoms with E-state index in [1.807, 2.05) is 0 Å². The van der Waals surface area contributed by atoms with Gasteiger partial charge in [0.25, 0.3) is 0 Å². The van der Waals surface area contributed by atoms with E-state index in [1.165, 1.54) is 24.3 Å². The number of hydrogen-bond acceptors (Lipinski definition) is 3. The van der Waals surface area contributed by atoms with E-state index >= 15 is 0 Å². The van der Waals surface area contributed by atoms with Crippen LogP contribution in [0.3, 0.4) is 0 Å². The van der Waals surface area contributed by atoms with Gasteiger partial charge in [-0.15, -0.1) is 11.3 Å². The van der Waals surface area contributed by atoms with Crippen LogP contribution in [0.25, 0.3) is 0 Å². The molecule has 0 aliphatic heterocycles. The fraction of sp³-hybridized carbons (Fsp3) is 0.167. The van der Waals surface area contributed by atoms with Crippen LogP contribution < -0.4 is 4.72 Å². The molecule has 0 radical (unpaired) electrons. The zero-order chi connectivity index (χ0) is 16.5. The molecule has 1 aromatic heterocycles. The van der Waals surface area contributed by atoms with Crippen molar-refractivity contribution in [1.82, 2.24) is 4.72 Å². The molecule has 2 rings (SSSR count). The Labute approximate surface area is 157 Å². The van der Waals surface area contributed by atoms with Crippen LogP contribution in [-0.4, -0.2) is 12.2 Å². The second-order valence-electron chi connectivity index (χ2n) is 4.19. The highest BCUT2D eigenvalue weighted by molar-refractivity contribution is 7.89. The Bertz CT molecular complexity index is 753. The predicted molar refractivity (Wildman–Crippen MR) is 94.1 cm³/mol. The first-order valence-corrected chi connectivity index (χ1v) is 9.88. The number of alkyl halides is 3. The molecule has 0 spiro atoms. The molecular formula is C12H8Cl5NO2S2. The maximum absolute atomic E-state index is 12.4. The molecule has 1 N–H and O–H groups in total. The molecular weight excluding hydrogens is 432 g/mol. The molecule has 1 atom stereocenters. The number of rotatable bonds is 4. The summed E-state index contributed by atoms with van der Waals surface area (Å²) < 4.78 is 25.8. The van der Waals surface area contributed by atoms with Gasteiger partial charge in [-0.25, -0.2) is 8.42 Å². The van der Waals surface area contributed by atoms with Gasteiger partial charge in [-0.3, -0.25) is 0 Å². The monoisotopic (exact) mass is 437 g/mol. The van der Waals surface area contributed by atoms with Crippen LogP contribution in [0.4, 0.5) is 0 Å². The number of nitrogens with one attached hydrogen (secondary N) is 1. The molecule has 120 valence electrons. The minimum atomic E-state index is -3.90. The third-order valence-corrected chi connectivity index (χ3v) is 6.24. The Morgan fingerprint density at radius 2 is 1.59 bits per heavy atom. The van der Waals surface area contributed by atoms with Crippen molar-refractivity contribution < 1.29 is 8.42 Å². The third-order valence-electron chi connectivity index (χ3n) is 2.60. The molecule has 0 bridgehead atoms. The SMILES string of the molecule is O=S(=O)(NC(c1ccc(Cl)s1)C(Cl)(Cl)Cl)c1ccc(Cl)cc1. The molecule has 0 saturated heterocycles. The molecule has 1 heterocycles. The van der Waals surface area contributed by atoms with Gasteiger partial charge < -0.3 is 0 Å². The number of thiophene rings is 1. The van der Waals surface area contributed by atoms with Crippen LogP contribution in [0.5, 0.6) is 0 Å². The van der Waals surface area contributed by atoms with E-state index in [9.17, 15) is 8.42 Å². The molecule has 0 saturated carbocycles. The molecule has 1 unspecified atom stereocenters. The summed E-state index contributed by atoms with van der Waals surface area (Å²) in [6, 6.07) is 7.77. The largest absolute Gasteiger partial charge is 0.241 e.